The van der Waals surface area contributed by atoms with E-state index in [2.05, 4.69) is 6.92 Å². The molecule has 4 heteroatoms. The number of fused-ring (bicyclic) bond motifs is 3. The normalized spacial score (nSPS) is 36.2. The number of halogens is 1. The number of carbonyl (C=O) groups is 1. The molecule has 1 saturated heterocycles. The number of benzene rings is 1. The van der Waals surface area contributed by atoms with Crippen molar-refractivity contribution in [3.63, 3.8) is 0 Å². The van der Waals surface area contributed by atoms with E-state index in [0.29, 0.717) is 17.6 Å². The van der Waals surface area contributed by atoms with Crippen molar-refractivity contribution in [1.82, 2.24) is 0 Å². The number of hydrogen-bond acceptors (Lipinski definition) is 3. The molecule has 0 bridgehead atoms. The van der Waals surface area contributed by atoms with Gasteiger partial charge in [-0.2, -0.15) is 0 Å². The van der Waals surface area contributed by atoms with Crippen molar-refractivity contribution in [2.75, 3.05) is 0 Å². The minimum Gasteiger partial charge on any atom is -0.458 e. The second-order valence-corrected chi connectivity index (χ2v) is 7.81. The fraction of sp³-hybridized carbons (Fsp3) is 0.476. The molecule has 132 valence electrons. The van der Waals surface area contributed by atoms with Gasteiger partial charge in [0.05, 0.1) is 5.60 Å². The standard InChI is InChI=1S/C21H23FO3/c1-12-6-7-16-17(11-13-4-3-5-14(22)10-13)20(23)25-19(16)18-15(12)8-9-21(18,2)24/h3-5,10-11,16,18-19,24H,6-9H2,1-2H3/b17-11+/t16-,18-,19-,21+/m0/s1. The highest BCUT2D eigenvalue weighted by Gasteiger charge is 2.54. The third-order valence-corrected chi connectivity index (χ3v) is 6.10. The molecule has 0 unspecified atom stereocenters. The molecule has 0 aromatic heterocycles. The van der Waals surface area contributed by atoms with Gasteiger partial charge in [0.2, 0.25) is 0 Å². The fourth-order valence-corrected chi connectivity index (χ4v) is 4.80. The summed E-state index contributed by atoms with van der Waals surface area (Å²) in [6, 6.07) is 6.23. The summed E-state index contributed by atoms with van der Waals surface area (Å²) < 4.78 is 19.2. The Morgan fingerprint density at radius 1 is 1.36 bits per heavy atom. The largest absolute Gasteiger partial charge is 0.458 e. The molecule has 1 aromatic carbocycles. The van der Waals surface area contributed by atoms with E-state index in [4.69, 9.17) is 4.74 Å². The molecule has 0 spiro atoms. The van der Waals surface area contributed by atoms with Crippen molar-refractivity contribution in [1.29, 1.82) is 0 Å². The summed E-state index contributed by atoms with van der Waals surface area (Å²) in [6.45, 7) is 3.98. The zero-order chi connectivity index (χ0) is 17.8. The van der Waals surface area contributed by atoms with Gasteiger partial charge in [-0.05, 0) is 63.3 Å². The molecule has 1 heterocycles. The molecule has 1 N–H and O–H groups in total. The Morgan fingerprint density at radius 3 is 2.92 bits per heavy atom. The van der Waals surface area contributed by atoms with E-state index in [1.54, 1.807) is 18.2 Å². The van der Waals surface area contributed by atoms with Gasteiger partial charge in [0.25, 0.3) is 0 Å². The van der Waals surface area contributed by atoms with Gasteiger partial charge in [0, 0.05) is 17.4 Å². The van der Waals surface area contributed by atoms with Crippen LogP contribution >= 0.6 is 0 Å². The smallest absolute Gasteiger partial charge is 0.334 e. The Morgan fingerprint density at radius 2 is 2.16 bits per heavy atom. The van der Waals surface area contributed by atoms with Crippen molar-refractivity contribution in [3.05, 3.63) is 52.4 Å². The molecule has 4 atom stereocenters. The van der Waals surface area contributed by atoms with Crippen molar-refractivity contribution in [2.45, 2.75) is 51.2 Å². The molecular weight excluding hydrogens is 319 g/mol. The molecule has 3 nitrogen and oxygen atoms in total. The first-order valence-corrected chi connectivity index (χ1v) is 8.96. The van der Waals surface area contributed by atoms with Gasteiger partial charge in [-0.1, -0.05) is 23.3 Å². The molecule has 1 saturated carbocycles. The number of ether oxygens (including phenoxy) is 1. The number of aliphatic hydroxyl groups is 1. The van der Waals surface area contributed by atoms with Gasteiger partial charge >= 0.3 is 5.97 Å². The molecule has 25 heavy (non-hydrogen) atoms. The maximum atomic E-state index is 13.5. The van der Waals surface area contributed by atoms with Crippen LogP contribution in [-0.2, 0) is 9.53 Å². The van der Waals surface area contributed by atoms with Gasteiger partial charge in [-0.15, -0.1) is 0 Å². The van der Waals surface area contributed by atoms with Crippen LogP contribution < -0.4 is 0 Å². The fourth-order valence-electron chi connectivity index (χ4n) is 4.80. The monoisotopic (exact) mass is 342 g/mol. The Hall–Kier alpha value is -1.94. The number of esters is 1. The minimum atomic E-state index is -0.849. The molecule has 1 aliphatic heterocycles. The Balaban J connectivity index is 1.74. The first kappa shape index (κ1) is 16.5. The van der Waals surface area contributed by atoms with Crippen LogP contribution in [0.5, 0.6) is 0 Å². The summed E-state index contributed by atoms with van der Waals surface area (Å²) in [4.78, 5) is 12.5. The lowest BCUT2D eigenvalue weighted by molar-refractivity contribution is -0.144. The van der Waals surface area contributed by atoms with Crippen LogP contribution in [0.1, 0.15) is 45.1 Å². The number of hydrogen-bond donors (Lipinski definition) is 1. The number of allylic oxidation sites excluding steroid dienone is 1. The highest BCUT2D eigenvalue weighted by Crippen LogP contribution is 2.52. The average molecular weight is 342 g/mol. The molecule has 0 amide bonds. The average Bonchev–Trinajstić information content (AvgIpc) is 2.96. The molecule has 0 radical (unpaired) electrons. The third kappa shape index (κ3) is 2.73. The Labute approximate surface area is 147 Å². The van der Waals surface area contributed by atoms with Crippen LogP contribution in [0.25, 0.3) is 6.08 Å². The van der Waals surface area contributed by atoms with E-state index in [-0.39, 0.29) is 29.7 Å². The van der Waals surface area contributed by atoms with Crippen molar-refractivity contribution in [3.8, 4) is 0 Å². The van der Waals surface area contributed by atoms with Gasteiger partial charge < -0.3 is 9.84 Å². The van der Waals surface area contributed by atoms with Gasteiger partial charge in [-0.3, -0.25) is 0 Å². The second-order valence-electron chi connectivity index (χ2n) is 7.81. The van der Waals surface area contributed by atoms with Crippen LogP contribution in [0.2, 0.25) is 0 Å². The van der Waals surface area contributed by atoms with Crippen LogP contribution in [-0.4, -0.2) is 22.8 Å². The Kier molecular flexibility index (Phi) is 3.84. The lowest BCUT2D eigenvalue weighted by Crippen LogP contribution is -2.40. The SMILES string of the molecule is CC1=C2CC[C@@](C)(O)[C@@H]2[C@H]2OC(=O)/C(=C/c3cccc(F)c3)[C@@H]2CC1. The highest BCUT2D eigenvalue weighted by atomic mass is 19.1. The van der Waals surface area contributed by atoms with E-state index in [0.717, 1.165) is 19.3 Å². The summed E-state index contributed by atoms with van der Waals surface area (Å²) in [5, 5.41) is 10.9. The topological polar surface area (TPSA) is 46.5 Å². The maximum Gasteiger partial charge on any atom is 0.334 e. The van der Waals surface area contributed by atoms with Crippen molar-refractivity contribution < 1.29 is 19.0 Å². The molecule has 1 aromatic rings. The zero-order valence-electron chi connectivity index (χ0n) is 14.6. The molecule has 2 aliphatic carbocycles. The summed E-state index contributed by atoms with van der Waals surface area (Å²) in [7, 11) is 0. The predicted molar refractivity (Wildman–Crippen MR) is 93.0 cm³/mol. The number of rotatable bonds is 1. The van der Waals surface area contributed by atoms with Crippen LogP contribution in [0.15, 0.2) is 41.0 Å². The quantitative estimate of drug-likeness (QED) is 0.476. The van der Waals surface area contributed by atoms with Crippen molar-refractivity contribution in [2.24, 2.45) is 11.8 Å². The van der Waals surface area contributed by atoms with Gasteiger partial charge in [-0.25, -0.2) is 9.18 Å². The Bertz CT molecular complexity index is 790. The third-order valence-electron chi connectivity index (χ3n) is 6.10. The van der Waals surface area contributed by atoms with E-state index >= 15 is 0 Å². The highest BCUT2D eigenvalue weighted by molar-refractivity contribution is 5.96. The number of carbonyl (C=O) groups excluding carboxylic acids is 1. The molecule has 3 aliphatic rings. The first-order chi connectivity index (χ1) is 11.9. The first-order valence-electron chi connectivity index (χ1n) is 8.96. The van der Waals surface area contributed by atoms with Crippen LogP contribution in [0, 0.1) is 17.7 Å². The maximum absolute atomic E-state index is 13.5. The van der Waals surface area contributed by atoms with E-state index in [1.165, 1.54) is 23.3 Å². The second kappa shape index (κ2) is 5.80. The summed E-state index contributed by atoms with van der Waals surface area (Å²) >= 11 is 0. The summed E-state index contributed by atoms with van der Waals surface area (Å²) in [6.07, 6.45) is 4.72. The van der Waals surface area contributed by atoms with E-state index in [9.17, 15) is 14.3 Å². The van der Waals surface area contributed by atoms with E-state index < -0.39 is 5.60 Å². The van der Waals surface area contributed by atoms with Gasteiger partial charge in [0.15, 0.2) is 0 Å². The summed E-state index contributed by atoms with van der Waals surface area (Å²) in [5.74, 6) is -0.849. The van der Waals surface area contributed by atoms with Crippen LogP contribution in [0.4, 0.5) is 4.39 Å². The molecular formula is C21H23FO3. The zero-order valence-corrected chi connectivity index (χ0v) is 14.6. The lowest BCUT2D eigenvalue weighted by atomic mass is 9.79. The molecule has 4 rings (SSSR count). The van der Waals surface area contributed by atoms with Crippen molar-refractivity contribution >= 4 is 12.0 Å². The molecule has 2 fully saturated rings. The summed E-state index contributed by atoms with van der Waals surface area (Å²) in [5.41, 5.74) is 3.00. The van der Waals surface area contributed by atoms with Gasteiger partial charge in [0.1, 0.15) is 11.9 Å². The van der Waals surface area contributed by atoms with Crippen LogP contribution in [0.3, 0.4) is 0 Å². The van der Waals surface area contributed by atoms with E-state index in [1.807, 2.05) is 6.92 Å². The minimum absolute atomic E-state index is 0.0576. The lowest BCUT2D eigenvalue weighted by Gasteiger charge is -2.32. The predicted octanol–water partition coefficient (Wildman–Crippen LogP) is 4.02.